The predicted octanol–water partition coefficient (Wildman–Crippen LogP) is 1.94. The zero-order chi connectivity index (χ0) is 17.8. The van der Waals surface area contributed by atoms with Gasteiger partial charge in [-0.3, -0.25) is 25.8 Å². The highest BCUT2D eigenvalue weighted by Crippen LogP contribution is 2.12. The number of hydrazine groups is 1. The van der Waals surface area contributed by atoms with Crippen LogP contribution in [0.3, 0.4) is 0 Å². The zero-order valence-corrected chi connectivity index (χ0v) is 14.3. The Morgan fingerprint density at radius 1 is 1.08 bits per heavy atom. The summed E-state index contributed by atoms with van der Waals surface area (Å²) in [6, 6.07) is 11.9. The Bertz CT molecular complexity index is 958. The molecule has 2 aromatic heterocycles. The first kappa shape index (κ1) is 16.9. The molecule has 3 aromatic rings. The van der Waals surface area contributed by atoms with Gasteiger partial charge in [-0.25, -0.2) is 4.98 Å². The van der Waals surface area contributed by atoms with Crippen LogP contribution >= 0.6 is 23.8 Å². The van der Waals surface area contributed by atoms with Gasteiger partial charge in [0.05, 0.1) is 0 Å². The molecule has 9 heteroatoms. The molecule has 0 aliphatic rings. The molecule has 0 unspecified atom stereocenters. The van der Waals surface area contributed by atoms with Crippen molar-refractivity contribution in [1.82, 2.24) is 25.6 Å². The van der Waals surface area contributed by atoms with Crippen molar-refractivity contribution in [1.29, 1.82) is 0 Å². The number of benzene rings is 1. The van der Waals surface area contributed by atoms with Gasteiger partial charge in [-0.2, -0.15) is 0 Å². The Kier molecular flexibility index (Phi) is 4.92. The van der Waals surface area contributed by atoms with Crippen molar-refractivity contribution in [3.8, 4) is 0 Å². The first-order chi connectivity index (χ1) is 12.0. The summed E-state index contributed by atoms with van der Waals surface area (Å²) in [6.45, 7) is 0. The maximum absolute atomic E-state index is 12.1. The van der Waals surface area contributed by atoms with Crippen LogP contribution in [0.5, 0.6) is 0 Å². The number of pyridine rings is 1. The molecule has 0 atom stereocenters. The summed E-state index contributed by atoms with van der Waals surface area (Å²) in [5.41, 5.74) is 6.01. The molecule has 3 N–H and O–H groups in total. The standard InChI is InChI=1S/C16H12ClN5O2S/c17-11-6-7-22-9-12(18-13(22)8-11)15(24)20-21-16(25)19-14(23)10-4-2-1-3-5-10/h1-9H,(H,20,24)(H2,19,21,23,25). The van der Waals surface area contributed by atoms with E-state index in [0.29, 0.717) is 16.2 Å². The van der Waals surface area contributed by atoms with Gasteiger partial charge >= 0.3 is 0 Å². The van der Waals surface area contributed by atoms with E-state index < -0.39 is 5.91 Å². The fourth-order valence-corrected chi connectivity index (χ4v) is 2.34. The first-order valence-corrected chi connectivity index (χ1v) is 7.92. The van der Waals surface area contributed by atoms with Crippen LogP contribution in [0.2, 0.25) is 5.02 Å². The van der Waals surface area contributed by atoms with Crippen molar-refractivity contribution in [3.05, 3.63) is 71.1 Å². The summed E-state index contributed by atoms with van der Waals surface area (Å²) in [5.74, 6) is -0.883. The number of hydrogen-bond acceptors (Lipinski definition) is 4. The van der Waals surface area contributed by atoms with Crippen LogP contribution in [-0.2, 0) is 0 Å². The molecule has 0 bridgehead atoms. The van der Waals surface area contributed by atoms with Crippen LogP contribution in [0.25, 0.3) is 5.65 Å². The number of rotatable bonds is 2. The quantitative estimate of drug-likeness (QED) is 0.472. The van der Waals surface area contributed by atoms with Crippen molar-refractivity contribution >= 4 is 46.4 Å². The van der Waals surface area contributed by atoms with E-state index in [0.717, 1.165) is 0 Å². The number of hydrogen-bond donors (Lipinski definition) is 3. The van der Waals surface area contributed by atoms with Gasteiger partial charge in [0.1, 0.15) is 11.3 Å². The third-order valence-corrected chi connectivity index (χ3v) is 3.65. The minimum Gasteiger partial charge on any atom is -0.306 e. The number of halogens is 1. The second kappa shape index (κ2) is 7.29. The van der Waals surface area contributed by atoms with E-state index in [1.807, 2.05) is 0 Å². The Hall–Kier alpha value is -2.97. The zero-order valence-electron chi connectivity index (χ0n) is 12.7. The van der Waals surface area contributed by atoms with Crippen molar-refractivity contribution in [2.45, 2.75) is 0 Å². The van der Waals surface area contributed by atoms with Gasteiger partial charge in [0, 0.05) is 29.0 Å². The molecule has 0 radical (unpaired) electrons. The van der Waals surface area contributed by atoms with Crippen molar-refractivity contribution in [2.75, 3.05) is 0 Å². The number of carbonyl (C=O) groups is 2. The molecule has 0 fully saturated rings. The lowest BCUT2D eigenvalue weighted by Gasteiger charge is -2.09. The lowest BCUT2D eigenvalue weighted by molar-refractivity contribution is 0.0931. The molecule has 3 rings (SSSR count). The van der Waals surface area contributed by atoms with E-state index >= 15 is 0 Å². The lowest BCUT2D eigenvalue weighted by Crippen LogP contribution is -2.48. The summed E-state index contributed by atoms with van der Waals surface area (Å²) in [6.07, 6.45) is 3.24. The minimum absolute atomic E-state index is 0.0333. The molecule has 0 spiro atoms. The molecular formula is C16H12ClN5O2S. The Labute approximate surface area is 153 Å². The van der Waals surface area contributed by atoms with Crippen LogP contribution in [0.1, 0.15) is 20.8 Å². The number of nitrogens with zero attached hydrogens (tertiary/aromatic N) is 2. The van der Waals surface area contributed by atoms with Gasteiger partial charge in [0.25, 0.3) is 11.8 Å². The second-order valence-corrected chi connectivity index (χ2v) is 5.81. The number of carbonyl (C=O) groups excluding carboxylic acids is 2. The number of imidazole rings is 1. The molecule has 126 valence electrons. The summed E-state index contributed by atoms with van der Waals surface area (Å²) < 4.78 is 1.66. The highest BCUT2D eigenvalue weighted by molar-refractivity contribution is 7.80. The van der Waals surface area contributed by atoms with Crippen LogP contribution in [0.15, 0.2) is 54.9 Å². The predicted molar refractivity (Wildman–Crippen MR) is 97.3 cm³/mol. The third kappa shape index (κ3) is 4.11. The largest absolute Gasteiger partial charge is 0.306 e. The van der Waals surface area contributed by atoms with Crippen LogP contribution in [0.4, 0.5) is 0 Å². The van der Waals surface area contributed by atoms with E-state index in [9.17, 15) is 9.59 Å². The molecule has 0 saturated heterocycles. The van der Waals surface area contributed by atoms with Crippen LogP contribution in [0, 0.1) is 0 Å². The molecular weight excluding hydrogens is 362 g/mol. The van der Waals surface area contributed by atoms with Crippen LogP contribution in [-0.4, -0.2) is 26.3 Å². The number of nitrogens with one attached hydrogen (secondary N) is 3. The van der Waals surface area contributed by atoms with Gasteiger partial charge in [0.15, 0.2) is 5.11 Å². The van der Waals surface area contributed by atoms with Crippen molar-refractivity contribution in [3.63, 3.8) is 0 Å². The lowest BCUT2D eigenvalue weighted by atomic mass is 10.2. The van der Waals surface area contributed by atoms with Gasteiger partial charge < -0.3 is 4.40 Å². The van der Waals surface area contributed by atoms with E-state index in [1.165, 1.54) is 0 Å². The molecule has 0 saturated carbocycles. The summed E-state index contributed by atoms with van der Waals surface area (Å²) in [4.78, 5) is 28.2. The molecule has 2 heterocycles. The average molecular weight is 374 g/mol. The Balaban J connectivity index is 1.57. The number of aromatic nitrogens is 2. The van der Waals surface area contributed by atoms with Gasteiger partial charge in [-0.15, -0.1) is 0 Å². The minimum atomic E-state index is -0.504. The van der Waals surface area contributed by atoms with Crippen molar-refractivity contribution in [2.24, 2.45) is 0 Å². The molecule has 2 amide bonds. The summed E-state index contributed by atoms with van der Waals surface area (Å²) >= 11 is 10.9. The maximum Gasteiger partial charge on any atom is 0.289 e. The molecule has 0 aliphatic heterocycles. The van der Waals surface area contributed by atoms with E-state index in [2.05, 4.69) is 21.2 Å². The molecule has 0 aliphatic carbocycles. The van der Waals surface area contributed by atoms with Crippen molar-refractivity contribution < 1.29 is 9.59 Å². The number of thiocarbonyl (C=S) groups is 1. The highest BCUT2D eigenvalue weighted by atomic mass is 35.5. The summed E-state index contributed by atoms with van der Waals surface area (Å²) in [5, 5.41) is 2.95. The Morgan fingerprint density at radius 2 is 1.84 bits per heavy atom. The molecule has 7 nitrogen and oxygen atoms in total. The average Bonchev–Trinajstić information content (AvgIpc) is 3.03. The normalized spacial score (nSPS) is 10.3. The Morgan fingerprint density at radius 3 is 2.60 bits per heavy atom. The molecule has 1 aromatic carbocycles. The van der Waals surface area contributed by atoms with Gasteiger partial charge in [0.2, 0.25) is 0 Å². The SMILES string of the molecule is O=C(NC(=S)NNC(=O)c1cn2ccc(Cl)cc2n1)c1ccccc1. The van der Waals surface area contributed by atoms with E-state index in [4.69, 9.17) is 23.8 Å². The fourth-order valence-electron chi connectivity index (χ4n) is 2.04. The van der Waals surface area contributed by atoms with Crippen LogP contribution < -0.4 is 16.2 Å². The summed E-state index contributed by atoms with van der Waals surface area (Å²) in [7, 11) is 0. The molecule has 25 heavy (non-hydrogen) atoms. The maximum atomic E-state index is 12.1. The number of fused-ring (bicyclic) bond motifs is 1. The van der Waals surface area contributed by atoms with Gasteiger partial charge in [-0.05, 0) is 30.4 Å². The third-order valence-electron chi connectivity index (χ3n) is 3.21. The second-order valence-electron chi connectivity index (χ2n) is 4.96. The van der Waals surface area contributed by atoms with E-state index in [1.54, 1.807) is 59.3 Å². The monoisotopic (exact) mass is 373 g/mol. The smallest absolute Gasteiger partial charge is 0.289 e. The highest BCUT2D eigenvalue weighted by Gasteiger charge is 2.12. The van der Waals surface area contributed by atoms with E-state index in [-0.39, 0.29) is 16.7 Å². The number of amides is 2. The van der Waals surface area contributed by atoms with Gasteiger partial charge in [-0.1, -0.05) is 29.8 Å². The first-order valence-electron chi connectivity index (χ1n) is 7.14. The topological polar surface area (TPSA) is 87.5 Å². The fraction of sp³-hybridized carbons (Fsp3) is 0.